The summed E-state index contributed by atoms with van der Waals surface area (Å²) in [7, 11) is 1.67. The second-order valence-corrected chi connectivity index (χ2v) is 4.84. The molecule has 0 amide bonds. The van der Waals surface area contributed by atoms with Crippen LogP contribution in [-0.4, -0.2) is 18.1 Å². The summed E-state index contributed by atoms with van der Waals surface area (Å²) in [5, 5.41) is 3.61. The average Bonchev–Trinajstić information content (AvgIpc) is 3.18. The van der Waals surface area contributed by atoms with Crippen LogP contribution in [0.3, 0.4) is 0 Å². The maximum absolute atomic E-state index is 5.25. The molecule has 1 saturated carbocycles. The molecule has 3 heteroatoms. The SMILES string of the molecule is CCC(CC1CC1)NCc1cccnc1OC. The third-order valence-corrected chi connectivity index (χ3v) is 3.43. The molecule has 1 aliphatic rings. The van der Waals surface area contributed by atoms with E-state index in [9.17, 15) is 0 Å². The van der Waals surface area contributed by atoms with E-state index in [1.807, 2.05) is 6.07 Å². The van der Waals surface area contributed by atoms with Crippen molar-refractivity contribution in [1.82, 2.24) is 10.3 Å². The normalized spacial score (nSPS) is 16.8. The van der Waals surface area contributed by atoms with E-state index in [0.29, 0.717) is 6.04 Å². The van der Waals surface area contributed by atoms with Gasteiger partial charge in [0.2, 0.25) is 5.88 Å². The Kier molecular flexibility index (Phi) is 4.37. The van der Waals surface area contributed by atoms with Crippen LogP contribution < -0.4 is 10.1 Å². The van der Waals surface area contributed by atoms with Crippen LogP contribution in [-0.2, 0) is 6.54 Å². The lowest BCUT2D eigenvalue weighted by molar-refractivity contribution is 0.384. The zero-order chi connectivity index (χ0) is 12.1. The Hall–Kier alpha value is -1.09. The van der Waals surface area contributed by atoms with Crippen LogP contribution in [0.1, 0.15) is 38.2 Å². The smallest absolute Gasteiger partial charge is 0.217 e. The lowest BCUT2D eigenvalue weighted by Crippen LogP contribution is -2.28. The summed E-state index contributed by atoms with van der Waals surface area (Å²) >= 11 is 0. The highest BCUT2D eigenvalue weighted by Crippen LogP contribution is 2.34. The Balaban J connectivity index is 1.86. The van der Waals surface area contributed by atoms with Gasteiger partial charge < -0.3 is 10.1 Å². The second kappa shape index (κ2) is 6.01. The first-order valence-corrected chi connectivity index (χ1v) is 6.54. The lowest BCUT2D eigenvalue weighted by Gasteiger charge is -2.17. The minimum atomic E-state index is 0.632. The van der Waals surface area contributed by atoms with Crippen LogP contribution in [0.15, 0.2) is 18.3 Å². The van der Waals surface area contributed by atoms with Gasteiger partial charge in [-0.05, 0) is 24.8 Å². The molecule has 94 valence electrons. The molecule has 0 aliphatic heterocycles. The topological polar surface area (TPSA) is 34.2 Å². The van der Waals surface area contributed by atoms with Crippen molar-refractivity contribution in [2.24, 2.45) is 5.92 Å². The zero-order valence-electron chi connectivity index (χ0n) is 10.8. The molecule has 0 spiro atoms. The first-order chi connectivity index (χ1) is 8.33. The number of nitrogens with one attached hydrogen (secondary N) is 1. The molecule has 1 fully saturated rings. The molecular formula is C14H22N2O. The average molecular weight is 234 g/mol. The molecule has 0 saturated heterocycles. The quantitative estimate of drug-likeness (QED) is 0.787. The molecule has 1 aromatic rings. The molecule has 0 radical (unpaired) electrons. The van der Waals surface area contributed by atoms with Crippen molar-refractivity contribution in [3.63, 3.8) is 0 Å². The molecule has 0 bridgehead atoms. The van der Waals surface area contributed by atoms with E-state index in [-0.39, 0.29) is 0 Å². The van der Waals surface area contributed by atoms with Gasteiger partial charge in [0.15, 0.2) is 0 Å². The third kappa shape index (κ3) is 3.70. The van der Waals surface area contributed by atoms with Crippen LogP contribution >= 0.6 is 0 Å². The fourth-order valence-electron chi connectivity index (χ4n) is 2.15. The molecule has 1 N–H and O–H groups in total. The highest BCUT2D eigenvalue weighted by molar-refractivity contribution is 5.25. The molecule has 1 aromatic heterocycles. The fraction of sp³-hybridized carbons (Fsp3) is 0.643. The molecule has 1 unspecified atom stereocenters. The highest BCUT2D eigenvalue weighted by Gasteiger charge is 2.24. The number of ether oxygens (including phenoxy) is 1. The Bertz CT molecular complexity index is 350. The number of pyridine rings is 1. The van der Waals surface area contributed by atoms with Crippen LogP contribution in [0, 0.1) is 5.92 Å². The largest absolute Gasteiger partial charge is 0.481 e. The van der Waals surface area contributed by atoms with Gasteiger partial charge in [-0.3, -0.25) is 0 Å². The number of hydrogen-bond acceptors (Lipinski definition) is 3. The lowest BCUT2D eigenvalue weighted by atomic mass is 10.1. The number of aromatic nitrogens is 1. The number of nitrogens with zero attached hydrogens (tertiary/aromatic N) is 1. The zero-order valence-corrected chi connectivity index (χ0v) is 10.8. The molecule has 2 rings (SSSR count). The maximum atomic E-state index is 5.25. The summed E-state index contributed by atoms with van der Waals surface area (Å²) in [6.45, 7) is 3.10. The molecule has 0 aromatic carbocycles. The molecule has 1 atom stereocenters. The predicted octanol–water partition coefficient (Wildman–Crippen LogP) is 2.76. The number of hydrogen-bond donors (Lipinski definition) is 1. The predicted molar refractivity (Wildman–Crippen MR) is 69.0 cm³/mol. The van der Waals surface area contributed by atoms with Gasteiger partial charge in [-0.25, -0.2) is 4.98 Å². The monoisotopic (exact) mass is 234 g/mol. The van der Waals surface area contributed by atoms with Crippen LogP contribution in [0.25, 0.3) is 0 Å². The number of methoxy groups -OCH3 is 1. The van der Waals surface area contributed by atoms with Crippen molar-refractivity contribution in [3.8, 4) is 5.88 Å². The van der Waals surface area contributed by atoms with Crippen molar-refractivity contribution in [3.05, 3.63) is 23.9 Å². The van der Waals surface area contributed by atoms with Crippen molar-refractivity contribution >= 4 is 0 Å². The minimum absolute atomic E-state index is 0.632. The Morgan fingerprint density at radius 3 is 3.00 bits per heavy atom. The minimum Gasteiger partial charge on any atom is -0.481 e. The van der Waals surface area contributed by atoms with E-state index in [2.05, 4.69) is 23.3 Å². The molecule has 1 heterocycles. The summed E-state index contributed by atoms with van der Waals surface area (Å²) < 4.78 is 5.25. The van der Waals surface area contributed by atoms with Gasteiger partial charge in [0.25, 0.3) is 0 Å². The summed E-state index contributed by atoms with van der Waals surface area (Å²) in [6, 6.07) is 4.66. The highest BCUT2D eigenvalue weighted by atomic mass is 16.5. The summed E-state index contributed by atoms with van der Waals surface area (Å²) in [6.07, 6.45) is 7.13. The van der Waals surface area contributed by atoms with Gasteiger partial charge in [-0.1, -0.05) is 25.8 Å². The second-order valence-electron chi connectivity index (χ2n) is 4.84. The number of rotatable bonds is 7. The molecular weight excluding hydrogens is 212 g/mol. The maximum Gasteiger partial charge on any atom is 0.217 e. The van der Waals surface area contributed by atoms with Gasteiger partial charge in [0, 0.05) is 24.3 Å². The van der Waals surface area contributed by atoms with E-state index < -0.39 is 0 Å². The van der Waals surface area contributed by atoms with E-state index >= 15 is 0 Å². The van der Waals surface area contributed by atoms with Gasteiger partial charge in [0.1, 0.15) is 0 Å². The van der Waals surface area contributed by atoms with Gasteiger partial charge >= 0.3 is 0 Å². The standard InChI is InChI=1S/C14H22N2O/c1-3-13(9-11-6-7-11)16-10-12-5-4-8-15-14(12)17-2/h4-5,8,11,13,16H,3,6-7,9-10H2,1-2H3. The molecule has 17 heavy (non-hydrogen) atoms. The van der Waals surface area contributed by atoms with Crippen molar-refractivity contribution in [1.29, 1.82) is 0 Å². The summed E-state index contributed by atoms with van der Waals surface area (Å²) in [5.74, 6) is 1.71. The third-order valence-electron chi connectivity index (χ3n) is 3.43. The van der Waals surface area contributed by atoms with E-state index in [4.69, 9.17) is 4.74 Å². The van der Waals surface area contributed by atoms with Crippen molar-refractivity contribution < 1.29 is 4.74 Å². The van der Waals surface area contributed by atoms with Crippen LogP contribution in [0.5, 0.6) is 5.88 Å². The Morgan fingerprint density at radius 2 is 2.35 bits per heavy atom. The van der Waals surface area contributed by atoms with Crippen LogP contribution in [0.4, 0.5) is 0 Å². The first kappa shape index (κ1) is 12.4. The van der Waals surface area contributed by atoms with Gasteiger partial charge in [-0.2, -0.15) is 0 Å². The van der Waals surface area contributed by atoms with Crippen molar-refractivity contribution in [2.75, 3.05) is 7.11 Å². The Labute approximate surface area is 104 Å². The summed E-state index contributed by atoms with van der Waals surface area (Å²) in [5.41, 5.74) is 1.14. The summed E-state index contributed by atoms with van der Waals surface area (Å²) in [4.78, 5) is 4.21. The first-order valence-electron chi connectivity index (χ1n) is 6.54. The van der Waals surface area contributed by atoms with Gasteiger partial charge in [-0.15, -0.1) is 0 Å². The fourth-order valence-corrected chi connectivity index (χ4v) is 2.15. The van der Waals surface area contributed by atoms with Crippen molar-refractivity contribution in [2.45, 2.75) is 45.2 Å². The molecule has 1 aliphatic carbocycles. The van der Waals surface area contributed by atoms with Gasteiger partial charge in [0.05, 0.1) is 7.11 Å². The van der Waals surface area contributed by atoms with Crippen LogP contribution in [0.2, 0.25) is 0 Å². The molecule has 3 nitrogen and oxygen atoms in total. The Morgan fingerprint density at radius 1 is 1.53 bits per heavy atom. The van der Waals surface area contributed by atoms with E-state index in [1.165, 1.54) is 25.7 Å². The van der Waals surface area contributed by atoms with E-state index in [0.717, 1.165) is 23.9 Å². The van der Waals surface area contributed by atoms with E-state index in [1.54, 1.807) is 13.3 Å².